The van der Waals surface area contributed by atoms with E-state index in [-0.39, 0.29) is 5.91 Å². The maximum atomic E-state index is 14.5. The number of benzene rings is 3. The SMILES string of the molecule is O=C1N(CN2CCOCC2)c2ccccc2C1(CCN1CCC(c2ccccc2)CC1)c1ccccc1. The van der Waals surface area contributed by atoms with Crippen molar-refractivity contribution < 1.29 is 9.53 Å². The van der Waals surface area contributed by atoms with Gasteiger partial charge < -0.3 is 9.64 Å². The molecule has 5 heteroatoms. The van der Waals surface area contributed by atoms with E-state index in [1.807, 2.05) is 11.0 Å². The number of likely N-dealkylation sites (tertiary alicyclic amines) is 1. The molecule has 0 bridgehead atoms. The van der Waals surface area contributed by atoms with Gasteiger partial charge in [-0.05, 0) is 67.6 Å². The van der Waals surface area contributed by atoms with Gasteiger partial charge in [0.2, 0.25) is 5.91 Å². The van der Waals surface area contributed by atoms with Crippen molar-refractivity contribution in [3.8, 4) is 0 Å². The van der Waals surface area contributed by atoms with Crippen molar-refractivity contribution >= 4 is 11.6 Å². The molecular formula is C32H37N3O2. The number of rotatable bonds is 7. The van der Waals surface area contributed by atoms with Crippen molar-refractivity contribution in [3.05, 3.63) is 102 Å². The van der Waals surface area contributed by atoms with Crippen LogP contribution >= 0.6 is 0 Å². The molecule has 3 aromatic carbocycles. The van der Waals surface area contributed by atoms with Crippen LogP contribution in [-0.2, 0) is 14.9 Å². The molecular weight excluding hydrogens is 458 g/mol. The second-order valence-corrected chi connectivity index (χ2v) is 10.7. The number of carbonyl (C=O) groups excluding carboxylic acids is 1. The number of amides is 1. The molecule has 0 N–H and O–H groups in total. The van der Waals surface area contributed by atoms with Gasteiger partial charge in [0.25, 0.3) is 0 Å². The monoisotopic (exact) mass is 495 g/mol. The summed E-state index contributed by atoms with van der Waals surface area (Å²) in [5.41, 5.74) is 4.13. The van der Waals surface area contributed by atoms with Gasteiger partial charge in [-0.3, -0.25) is 14.6 Å². The van der Waals surface area contributed by atoms with Gasteiger partial charge in [-0.25, -0.2) is 0 Å². The number of para-hydroxylation sites is 1. The van der Waals surface area contributed by atoms with E-state index >= 15 is 0 Å². The highest BCUT2D eigenvalue weighted by atomic mass is 16.5. The van der Waals surface area contributed by atoms with Gasteiger partial charge >= 0.3 is 0 Å². The van der Waals surface area contributed by atoms with E-state index in [0.29, 0.717) is 12.6 Å². The van der Waals surface area contributed by atoms with Crippen molar-refractivity contribution in [1.29, 1.82) is 0 Å². The van der Waals surface area contributed by atoms with Gasteiger partial charge in [-0.1, -0.05) is 78.9 Å². The fourth-order valence-corrected chi connectivity index (χ4v) is 6.54. The van der Waals surface area contributed by atoms with Crippen LogP contribution < -0.4 is 4.90 Å². The molecule has 3 aromatic rings. The minimum atomic E-state index is -0.652. The number of anilines is 1. The molecule has 6 rings (SSSR count). The number of ether oxygens (including phenoxy) is 1. The van der Waals surface area contributed by atoms with Gasteiger partial charge in [0.1, 0.15) is 5.41 Å². The van der Waals surface area contributed by atoms with Crippen molar-refractivity contribution in [2.45, 2.75) is 30.6 Å². The Bertz CT molecular complexity index is 1190. The summed E-state index contributed by atoms with van der Waals surface area (Å²) in [5.74, 6) is 0.851. The molecule has 192 valence electrons. The van der Waals surface area contributed by atoms with E-state index in [4.69, 9.17) is 4.74 Å². The third kappa shape index (κ3) is 4.72. The van der Waals surface area contributed by atoms with Crippen LogP contribution in [0.1, 0.15) is 41.9 Å². The van der Waals surface area contributed by atoms with Gasteiger partial charge in [0.15, 0.2) is 0 Å². The summed E-state index contributed by atoms with van der Waals surface area (Å²) in [6.07, 6.45) is 3.15. The van der Waals surface area contributed by atoms with Crippen LogP contribution in [0.2, 0.25) is 0 Å². The van der Waals surface area contributed by atoms with Gasteiger partial charge in [0.05, 0.1) is 19.9 Å². The zero-order valence-corrected chi connectivity index (χ0v) is 21.6. The zero-order chi connectivity index (χ0) is 25.1. The highest BCUT2D eigenvalue weighted by Gasteiger charge is 2.52. The van der Waals surface area contributed by atoms with Crippen LogP contribution in [0.4, 0.5) is 5.69 Å². The Hall–Kier alpha value is -2.99. The normalized spacial score (nSPS) is 23.4. The Kier molecular flexibility index (Phi) is 7.10. The number of morpholine rings is 1. The molecule has 2 fully saturated rings. The van der Waals surface area contributed by atoms with Crippen molar-refractivity contribution in [1.82, 2.24) is 9.80 Å². The minimum Gasteiger partial charge on any atom is -0.379 e. The molecule has 0 spiro atoms. The molecule has 0 saturated carbocycles. The molecule has 37 heavy (non-hydrogen) atoms. The van der Waals surface area contributed by atoms with Gasteiger partial charge in [-0.2, -0.15) is 0 Å². The number of piperidine rings is 1. The first-order chi connectivity index (χ1) is 18.3. The van der Waals surface area contributed by atoms with Crippen LogP contribution in [-0.4, -0.2) is 68.3 Å². The molecule has 5 nitrogen and oxygen atoms in total. The van der Waals surface area contributed by atoms with E-state index in [1.165, 1.54) is 18.4 Å². The van der Waals surface area contributed by atoms with Crippen LogP contribution in [0.5, 0.6) is 0 Å². The zero-order valence-electron chi connectivity index (χ0n) is 21.6. The van der Waals surface area contributed by atoms with E-state index in [0.717, 1.165) is 69.2 Å². The third-order valence-electron chi connectivity index (χ3n) is 8.64. The second kappa shape index (κ2) is 10.8. The summed E-state index contributed by atoms with van der Waals surface area (Å²) in [5, 5.41) is 0. The van der Waals surface area contributed by atoms with Crippen molar-refractivity contribution in [2.24, 2.45) is 0 Å². The van der Waals surface area contributed by atoms with E-state index in [9.17, 15) is 4.79 Å². The summed E-state index contributed by atoms with van der Waals surface area (Å²) in [7, 11) is 0. The Morgan fingerprint density at radius 3 is 2.14 bits per heavy atom. The number of carbonyl (C=O) groups is 1. The third-order valence-corrected chi connectivity index (χ3v) is 8.64. The highest BCUT2D eigenvalue weighted by Crippen LogP contribution is 2.48. The number of hydrogen-bond acceptors (Lipinski definition) is 4. The molecule has 1 atom stereocenters. The Labute approximate surface area is 220 Å². The Balaban J connectivity index is 1.25. The molecule has 3 aliphatic heterocycles. The maximum Gasteiger partial charge on any atom is 0.243 e. The molecule has 3 aliphatic rings. The fourth-order valence-electron chi connectivity index (χ4n) is 6.54. The Morgan fingerprint density at radius 1 is 0.757 bits per heavy atom. The molecule has 2 saturated heterocycles. The number of hydrogen-bond donors (Lipinski definition) is 0. The number of fused-ring (bicyclic) bond motifs is 1. The molecule has 0 aliphatic carbocycles. The maximum absolute atomic E-state index is 14.5. The van der Waals surface area contributed by atoms with Crippen LogP contribution in [0.25, 0.3) is 0 Å². The largest absolute Gasteiger partial charge is 0.379 e. The van der Waals surface area contributed by atoms with Gasteiger partial charge in [0, 0.05) is 18.8 Å². The van der Waals surface area contributed by atoms with Crippen LogP contribution in [0.3, 0.4) is 0 Å². The first kappa shape index (κ1) is 24.4. The lowest BCUT2D eigenvalue weighted by Gasteiger charge is -2.36. The predicted octanol–water partition coefficient (Wildman–Crippen LogP) is 4.88. The second-order valence-electron chi connectivity index (χ2n) is 10.7. The summed E-state index contributed by atoms with van der Waals surface area (Å²) in [6.45, 7) is 6.88. The summed E-state index contributed by atoms with van der Waals surface area (Å²) < 4.78 is 5.56. The van der Waals surface area contributed by atoms with Crippen molar-refractivity contribution in [2.75, 3.05) is 57.5 Å². The minimum absolute atomic E-state index is 0.213. The quantitative estimate of drug-likeness (QED) is 0.468. The van der Waals surface area contributed by atoms with E-state index in [2.05, 4.69) is 88.7 Å². The molecule has 3 heterocycles. The topological polar surface area (TPSA) is 36.0 Å². The van der Waals surface area contributed by atoms with Crippen molar-refractivity contribution in [3.63, 3.8) is 0 Å². The predicted molar refractivity (Wildman–Crippen MR) is 148 cm³/mol. The fraction of sp³-hybridized carbons (Fsp3) is 0.406. The smallest absolute Gasteiger partial charge is 0.243 e. The average Bonchev–Trinajstić information content (AvgIpc) is 3.21. The standard InChI is InChI=1S/C32H37N3O2/c36-31-32(28-11-5-2-6-12-28,17-20-33-18-15-27(16-19-33)26-9-3-1-4-10-26)29-13-7-8-14-30(29)35(31)25-34-21-23-37-24-22-34/h1-14,27H,15-25H2. The summed E-state index contributed by atoms with van der Waals surface area (Å²) in [6, 6.07) is 29.9. The lowest BCUT2D eigenvalue weighted by atomic mass is 9.72. The lowest BCUT2D eigenvalue weighted by molar-refractivity contribution is -0.122. The van der Waals surface area contributed by atoms with E-state index < -0.39 is 5.41 Å². The average molecular weight is 496 g/mol. The summed E-state index contributed by atoms with van der Waals surface area (Å²) >= 11 is 0. The first-order valence-electron chi connectivity index (χ1n) is 13.8. The number of nitrogens with zero attached hydrogens (tertiary/aromatic N) is 3. The first-order valence-corrected chi connectivity index (χ1v) is 13.8. The molecule has 0 aromatic heterocycles. The van der Waals surface area contributed by atoms with Crippen LogP contribution in [0.15, 0.2) is 84.9 Å². The Morgan fingerprint density at radius 2 is 1.41 bits per heavy atom. The van der Waals surface area contributed by atoms with Gasteiger partial charge in [-0.15, -0.1) is 0 Å². The molecule has 1 amide bonds. The lowest BCUT2D eigenvalue weighted by Crippen LogP contribution is -2.49. The summed E-state index contributed by atoms with van der Waals surface area (Å²) in [4.78, 5) is 21.5. The van der Waals surface area contributed by atoms with E-state index in [1.54, 1.807) is 0 Å². The molecule has 0 radical (unpaired) electrons. The molecule has 1 unspecified atom stereocenters. The highest BCUT2D eigenvalue weighted by molar-refractivity contribution is 6.10. The van der Waals surface area contributed by atoms with Crippen LogP contribution in [0, 0.1) is 0 Å².